The van der Waals surface area contributed by atoms with E-state index in [-0.39, 0.29) is 36.1 Å². The quantitative estimate of drug-likeness (QED) is 0.305. The summed E-state index contributed by atoms with van der Waals surface area (Å²) in [6, 6.07) is 6.15. The van der Waals surface area contributed by atoms with Gasteiger partial charge in [-0.3, -0.25) is 4.99 Å². The summed E-state index contributed by atoms with van der Waals surface area (Å²) in [5.41, 5.74) is 1.14. The van der Waals surface area contributed by atoms with Crippen molar-refractivity contribution in [2.45, 2.75) is 31.9 Å². The van der Waals surface area contributed by atoms with E-state index in [4.69, 9.17) is 19.2 Å². The molecular weight excluding hydrogens is 471 g/mol. The number of guanidine groups is 1. The van der Waals surface area contributed by atoms with Crippen molar-refractivity contribution in [2.24, 2.45) is 4.99 Å². The van der Waals surface area contributed by atoms with Gasteiger partial charge in [0.05, 0.1) is 32.9 Å². The monoisotopic (exact) mass is 506 g/mol. The Morgan fingerprint density at radius 3 is 2.57 bits per heavy atom. The number of nitrogens with zero attached hydrogens (tertiary/aromatic N) is 2. The van der Waals surface area contributed by atoms with E-state index < -0.39 is 0 Å². The molecule has 1 fully saturated rings. The Morgan fingerprint density at radius 2 is 2.00 bits per heavy atom. The summed E-state index contributed by atoms with van der Waals surface area (Å²) in [6.45, 7) is 5.17. The Balaban J connectivity index is 0.00000392. The average Bonchev–Trinajstić information content (AvgIpc) is 3.19. The van der Waals surface area contributed by atoms with Crippen LogP contribution in [0.3, 0.4) is 0 Å². The van der Waals surface area contributed by atoms with Gasteiger partial charge in [-0.2, -0.15) is 0 Å². The zero-order chi connectivity index (χ0) is 19.6. The van der Waals surface area contributed by atoms with Crippen LogP contribution in [0.15, 0.2) is 23.2 Å². The number of methoxy groups -OCH3 is 2. The number of hydrogen-bond acceptors (Lipinski definition) is 5. The molecule has 1 aromatic carbocycles. The SMILES string of the molecule is CCNC(=NCC(c1ccc(OC)c(OC)c1)N(C)C)NCC1CCCO1.I. The lowest BCUT2D eigenvalue weighted by atomic mass is 10.1. The van der Waals surface area contributed by atoms with Crippen LogP contribution >= 0.6 is 24.0 Å². The highest BCUT2D eigenvalue weighted by Gasteiger charge is 2.18. The minimum atomic E-state index is 0. The molecule has 1 saturated heterocycles. The first-order valence-electron chi connectivity index (χ1n) is 9.61. The fraction of sp³-hybridized carbons (Fsp3) is 0.650. The summed E-state index contributed by atoms with van der Waals surface area (Å²) in [4.78, 5) is 6.96. The van der Waals surface area contributed by atoms with Crippen molar-refractivity contribution in [3.05, 3.63) is 23.8 Å². The number of halogens is 1. The molecule has 28 heavy (non-hydrogen) atoms. The second-order valence-corrected chi connectivity index (χ2v) is 6.83. The molecule has 0 aliphatic carbocycles. The van der Waals surface area contributed by atoms with E-state index in [1.165, 1.54) is 0 Å². The van der Waals surface area contributed by atoms with Crippen molar-refractivity contribution in [2.75, 3.05) is 54.6 Å². The summed E-state index contributed by atoms with van der Waals surface area (Å²) in [5.74, 6) is 2.28. The highest BCUT2D eigenvalue weighted by molar-refractivity contribution is 14.0. The molecule has 7 nitrogen and oxygen atoms in total. The van der Waals surface area contributed by atoms with Gasteiger partial charge in [-0.1, -0.05) is 6.07 Å². The summed E-state index contributed by atoms with van der Waals surface area (Å²) in [5, 5.41) is 6.71. The second kappa shape index (κ2) is 13.1. The number of likely N-dealkylation sites (N-methyl/N-ethyl adjacent to an activating group) is 1. The number of rotatable bonds is 9. The van der Waals surface area contributed by atoms with Crippen LogP contribution in [0.25, 0.3) is 0 Å². The number of hydrogen-bond donors (Lipinski definition) is 2. The largest absolute Gasteiger partial charge is 0.493 e. The van der Waals surface area contributed by atoms with Crippen LogP contribution in [0.4, 0.5) is 0 Å². The van der Waals surface area contributed by atoms with E-state index in [2.05, 4.69) is 42.6 Å². The highest BCUT2D eigenvalue weighted by Crippen LogP contribution is 2.31. The molecule has 1 aromatic rings. The van der Waals surface area contributed by atoms with E-state index >= 15 is 0 Å². The molecule has 2 atom stereocenters. The topological polar surface area (TPSA) is 67.4 Å². The van der Waals surface area contributed by atoms with Gasteiger partial charge in [-0.25, -0.2) is 0 Å². The molecule has 0 saturated carbocycles. The first-order valence-corrected chi connectivity index (χ1v) is 9.61. The van der Waals surface area contributed by atoms with Gasteiger partial charge in [0.2, 0.25) is 0 Å². The number of nitrogens with one attached hydrogen (secondary N) is 2. The number of ether oxygens (including phenoxy) is 3. The molecule has 1 aliphatic heterocycles. The molecule has 0 aromatic heterocycles. The third-order valence-corrected chi connectivity index (χ3v) is 4.70. The third-order valence-electron chi connectivity index (χ3n) is 4.70. The zero-order valence-electron chi connectivity index (χ0n) is 17.7. The van der Waals surface area contributed by atoms with Gasteiger partial charge < -0.3 is 29.7 Å². The van der Waals surface area contributed by atoms with Crippen LogP contribution in [0.1, 0.15) is 31.4 Å². The smallest absolute Gasteiger partial charge is 0.191 e. The lowest BCUT2D eigenvalue weighted by molar-refractivity contribution is 0.114. The number of aliphatic imine (C=N–C) groups is 1. The molecule has 0 spiro atoms. The summed E-state index contributed by atoms with van der Waals surface area (Å²) in [7, 11) is 7.42. The molecule has 8 heteroatoms. The molecule has 2 unspecified atom stereocenters. The number of benzene rings is 1. The van der Waals surface area contributed by atoms with Gasteiger partial charge in [0.1, 0.15) is 0 Å². The fourth-order valence-corrected chi connectivity index (χ4v) is 3.16. The molecule has 0 bridgehead atoms. The molecule has 1 heterocycles. The molecule has 1 aliphatic rings. The minimum absolute atomic E-state index is 0. The van der Waals surface area contributed by atoms with Crippen LogP contribution in [0.5, 0.6) is 11.5 Å². The third kappa shape index (κ3) is 7.29. The van der Waals surface area contributed by atoms with Gasteiger partial charge in [-0.05, 0) is 51.6 Å². The van der Waals surface area contributed by atoms with Crippen molar-refractivity contribution in [3.63, 3.8) is 0 Å². The van der Waals surface area contributed by atoms with Crippen LogP contribution in [0.2, 0.25) is 0 Å². The fourth-order valence-electron chi connectivity index (χ4n) is 3.16. The predicted octanol–water partition coefficient (Wildman–Crippen LogP) is 2.66. The van der Waals surface area contributed by atoms with Crippen LogP contribution in [-0.2, 0) is 4.74 Å². The van der Waals surface area contributed by atoms with Crippen molar-refractivity contribution in [1.82, 2.24) is 15.5 Å². The van der Waals surface area contributed by atoms with Gasteiger partial charge in [-0.15, -0.1) is 24.0 Å². The molecule has 160 valence electrons. The van der Waals surface area contributed by atoms with E-state index in [1.807, 2.05) is 12.1 Å². The van der Waals surface area contributed by atoms with E-state index in [9.17, 15) is 0 Å². The summed E-state index contributed by atoms with van der Waals surface area (Å²) < 4.78 is 16.5. The molecule has 0 radical (unpaired) electrons. The molecule has 0 amide bonds. The maximum absolute atomic E-state index is 5.68. The Kier molecular flexibility index (Phi) is 11.6. The van der Waals surface area contributed by atoms with Crippen molar-refractivity contribution < 1.29 is 14.2 Å². The van der Waals surface area contributed by atoms with Crippen molar-refractivity contribution in [3.8, 4) is 11.5 Å². The Hall–Kier alpha value is -1.26. The van der Waals surface area contributed by atoms with Gasteiger partial charge in [0.25, 0.3) is 0 Å². The van der Waals surface area contributed by atoms with E-state index in [0.717, 1.165) is 55.6 Å². The standard InChI is InChI=1S/C20H34N4O3.HI/c1-6-21-20(22-13-16-8-7-11-27-16)23-14-17(24(2)3)15-9-10-18(25-4)19(12-15)26-5;/h9-10,12,16-17H,6-8,11,13-14H2,1-5H3,(H2,21,22,23);1H. The van der Waals surface area contributed by atoms with Gasteiger partial charge in [0, 0.05) is 19.7 Å². The lowest BCUT2D eigenvalue weighted by Gasteiger charge is -2.24. The first kappa shape index (κ1) is 24.8. The van der Waals surface area contributed by atoms with Gasteiger partial charge in [0.15, 0.2) is 17.5 Å². The second-order valence-electron chi connectivity index (χ2n) is 6.83. The highest BCUT2D eigenvalue weighted by atomic mass is 127. The molecule has 2 N–H and O–H groups in total. The predicted molar refractivity (Wildman–Crippen MR) is 124 cm³/mol. The first-order chi connectivity index (χ1) is 13.1. The maximum Gasteiger partial charge on any atom is 0.191 e. The summed E-state index contributed by atoms with van der Waals surface area (Å²) >= 11 is 0. The maximum atomic E-state index is 5.68. The minimum Gasteiger partial charge on any atom is -0.493 e. The zero-order valence-corrected chi connectivity index (χ0v) is 20.0. The normalized spacial score (nSPS) is 17.8. The lowest BCUT2D eigenvalue weighted by Crippen LogP contribution is -2.41. The molecular formula is C20H35IN4O3. The average molecular weight is 506 g/mol. The Bertz CT molecular complexity index is 607. The van der Waals surface area contributed by atoms with E-state index in [0.29, 0.717) is 6.54 Å². The van der Waals surface area contributed by atoms with Crippen LogP contribution in [-0.4, -0.2) is 71.5 Å². The van der Waals surface area contributed by atoms with Crippen molar-refractivity contribution >= 4 is 29.9 Å². The van der Waals surface area contributed by atoms with Crippen molar-refractivity contribution in [1.29, 1.82) is 0 Å². The van der Waals surface area contributed by atoms with Gasteiger partial charge >= 0.3 is 0 Å². The molecule has 2 rings (SSSR count). The van der Waals surface area contributed by atoms with Crippen LogP contribution < -0.4 is 20.1 Å². The summed E-state index contributed by atoms with van der Waals surface area (Å²) in [6.07, 6.45) is 2.53. The van der Waals surface area contributed by atoms with E-state index in [1.54, 1.807) is 14.2 Å². The van der Waals surface area contributed by atoms with Crippen LogP contribution in [0, 0.1) is 0 Å². The Labute approximate surface area is 186 Å². The Morgan fingerprint density at radius 1 is 1.25 bits per heavy atom.